The van der Waals surface area contributed by atoms with Crippen molar-refractivity contribution in [1.82, 2.24) is 19.6 Å². The molecule has 1 aromatic carbocycles. The minimum Gasteiger partial charge on any atom is -0.315 e. The number of hydrogen-bond donors (Lipinski definition) is 1. The van der Waals surface area contributed by atoms with Crippen molar-refractivity contribution < 1.29 is 4.39 Å². The lowest BCUT2D eigenvalue weighted by atomic mass is 10.1. The number of imidazole rings is 1. The van der Waals surface area contributed by atoms with Crippen LogP contribution in [0.25, 0.3) is 16.9 Å². The van der Waals surface area contributed by atoms with Gasteiger partial charge in [0, 0.05) is 31.4 Å². The monoisotopic (exact) mass is 358 g/mol. The maximum atomic E-state index is 13.3. The first-order valence-electron chi connectivity index (χ1n) is 8.56. The molecule has 0 unspecified atom stereocenters. The highest BCUT2D eigenvalue weighted by molar-refractivity contribution is 6.30. The van der Waals surface area contributed by atoms with Gasteiger partial charge in [-0.15, -0.1) is 0 Å². The van der Waals surface area contributed by atoms with E-state index in [1.165, 1.54) is 12.1 Å². The molecule has 6 heteroatoms. The number of aromatic nitrogens is 2. The minimum atomic E-state index is -0.240. The topological polar surface area (TPSA) is 32.6 Å². The van der Waals surface area contributed by atoms with E-state index in [0.717, 1.165) is 61.7 Å². The van der Waals surface area contributed by atoms with Crippen molar-refractivity contribution in [3.63, 3.8) is 0 Å². The van der Waals surface area contributed by atoms with E-state index in [0.29, 0.717) is 5.02 Å². The van der Waals surface area contributed by atoms with Crippen LogP contribution in [0.5, 0.6) is 0 Å². The SMILES string of the molecule is Fc1ccc(-c2nc3ccc(Cl)cn3c2CN2CCCNCC2)cc1. The smallest absolute Gasteiger partial charge is 0.137 e. The molecule has 1 fully saturated rings. The maximum Gasteiger partial charge on any atom is 0.137 e. The van der Waals surface area contributed by atoms with Crippen molar-refractivity contribution >= 4 is 17.2 Å². The van der Waals surface area contributed by atoms with E-state index < -0.39 is 0 Å². The Labute approximate surface area is 151 Å². The zero-order valence-corrected chi connectivity index (χ0v) is 14.6. The van der Waals surface area contributed by atoms with E-state index >= 15 is 0 Å². The molecule has 0 atom stereocenters. The van der Waals surface area contributed by atoms with Crippen LogP contribution in [0.1, 0.15) is 12.1 Å². The lowest BCUT2D eigenvalue weighted by Gasteiger charge is -2.20. The van der Waals surface area contributed by atoms with E-state index in [9.17, 15) is 4.39 Å². The van der Waals surface area contributed by atoms with Gasteiger partial charge in [-0.1, -0.05) is 11.6 Å². The molecule has 4 rings (SSSR count). The van der Waals surface area contributed by atoms with Crippen molar-refractivity contribution in [3.8, 4) is 11.3 Å². The molecular weight excluding hydrogens is 339 g/mol. The minimum absolute atomic E-state index is 0.240. The molecule has 1 aliphatic rings. The predicted octanol–water partition coefficient (Wildman–Crippen LogP) is 3.59. The van der Waals surface area contributed by atoms with Gasteiger partial charge in [0.15, 0.2) is 0 Å². The van der Waals surface area contributed by atoms with Crippen LogP contribution in [-0.4, -0.2) is 40.5 Å². The van der Waals surface area contributed by atoms with Crippen LogP contribution < -0.4 is 5.32 Å². The summed E-state index contributed by atoms with van der Waals surface area (Å²) in [6.45, 7) is 4.87. The summed E-state index contributed by atoms with van der Waals surface area (Å²) >= 11 is 6.21. The summed E-state index contributed by atoms with van der Waals surface area (Å²) in [5.41, 5.74) is 3.75. The lowest BCUT2D eigenvalue weighted by Crippen LogP contribution is -2.28. The second-order valence-electron chi connectivity index (χ2n) is 6.37. The highest BCUT2D eigenvalue weighted by Gasteiger charge is 2.18. The zero-order valence-electron chi connectivity index (χ0n) is 13.9. The first-order valence-corrected chi connectivity index (χ1v) is 8.94. The first-order chi connectivity index (χ1) is 12.2. The number of hydrogen-bond acceptors (Lipinski definition) is 3. The molecule has 0 spiro atoms. The number of nitrogens with zero attached hydrogens (tertiary/aromatic N) is 3. The molecule has 1 aliphatic heterocycles. The second kappa shape index (κ2) is 7.12. The third kappa shape index (κ3) is 3.54. The van der Waals surface area contributed by atoms with Gasteiger partial charge in [0.25, 0.3) is 0 Å². The van der Waals surface area contributed by atoms with Gasteiger partial charge in [-0.2, -0.15) is 0 Å². The molecule has 4 nitrogen and oxygen atoms in total. The Kier molecular flexibility index (Phi) is 4.70. The van der Waals surface area contributed by atoms with E-state index in [1.807, 2.05) is 18.3 Å². The van der Waals surface area contributed by atoms with Gasteiger partial charge in [0.05, 0.1) is 16.4 Å². The molecule has 2 aromatic heterocycles. The molecule has 0 aliphatic carbocycles. The molecule has 0 radical (unpaired) electrons. The number of pyridine rings is 1. The fraction of sp³-hybridized carbons (Fsp3) is 0.316. The van der Waals surface area contributed by atoms with E-state index in [-0.39, 0.29) is 5.82 Å². The average molecular weight is 359 g/mol. The number of benzene rings is 1. The predicted molar refractivity (Wildman–Crippen MR) is 98.4 cm³/mol. The molecule has 1 saturated heterocycles. The van der Waals surface area contributed by atoms with E-state index in [4.69, 9.17) is 16.6 Å². The normalized spacial score (nSPS) is 16.2. The molecule has 25 heavy (non-hydrogen) atoms. The van der Waals surface area contributed by atoms with Gasteiger partial charge in [0.2, 0.25) is 0 Å². The quantitative estimate of drug-likeness (QED) is 0.776. The van der Waals surface area contributed by atoms with Crippen LogP contribution in [0, 0.1) is 5.82 Å². The van der Waals surface area contributed by atoms with Gasteiger partial charge in [-0.25, -0.2) is 9.37 Å². The summed E-state index contributed by atoms with van der Waals surface area (Å²) in [6.07, 6.45) is 3.03. The van der Waals surface area contributed by atoms with Crippen LogP contribution in [0.15, 0.2) is 42.6 Å². The van der Waals surface area contributed by atoms with Crippen LogP contribution in [-0.2, 0) is 6.54 Å². The Bertz CT molecular complexity index is 867. The number of rotatable bonds is 3. The van der Waals surface area contributed by atoms with Crippen molar-refractivity contribution in [3.05, 3.63) is 59.1 Å². The first kappa shape index (κ1) is 16.5. The Hall–Kier alpha value is -1.95. The number of nitrogens with one attached hydrogen (secondary N) is 1. The molecule has 0 bridgehead atoms. The number of fused-ring (bicyclic) bond motifs is 1. The zero-order chi connectivity index (χ0) is 17.2. The second-order valence-corrected chi connectivity index (χ2v) is 6.81. The summed E-state index contributed by atoms with van der Waals surface area (Å²) < 4.78 is 15.4. The van der Waals surface area contributed by atoms with Gasteiger partial charge >= 0.3 is 0 Å². The molecule has 0 amide bonds. The average Bonchev–Trinajstić information content (AvgIpc) is 2.79. The summed E-state index contributed by atoms with van der Waals surface area (Å²) in [5.74, 6) is -0.240. The fourth-order valence-corrected chi connectivity index (χ4v) is 3.49. The van der Waals surface area contributed by atoms with Crippen LogP contribution in [0.2, 0.25) is 5.02 Å². The van der Waals surface area contributed by atoms with Crippen LogP contribution in [0.4, 0.5) is 4.39 Å². The summed E-state index contributed by atoms with van der Waals surface area (Å²) in [5, 5.41) is 4.10. The Morgan fingerprint density at radius 1 is 1.08 bits per heavy atom. The highest BCUT2D eigenvalue weighted by Crippen LogP contribution is 2.27. The summed E-state index contributed by atoms with van der Waals surface area (Å²) in [6, 6.07) is 10.3. The summed E-state index contributed by atoms with van der Waals surface area (Å²) in [4.78, 5) is 7.21. The van der Waals surface area contributed by atoms with Gasteiger partial charge in [0.1, 0.15) is 11.5 Å². The molecule has 130 valence electrons. The van der Waals surface area contributed by atoms with Gasteiger partial charge in [-0.3, -0.25) is 4.90 Å². The largest absolute Gasteiger partial charge is 0.315 e. The summed E-state index contributed by atoms with van der Waals surface area (Å²) in [7, 11) is 0. The molecule has 1 N–H and O–H groups in total. The van der Waals surface area contributed by atoms with Crippen LogP contribution >= 0.6 is 11.6 Å². The molecule has 3 heterocycles. The molecule has 3 aromatic rings. The van der Waals surface area contributed by atoms with Crippen molar-refractivity contribution in [2.75, 3.05) is 26.2 Å². The third-order valence-electron chi connectivity index (χ3n) is 4.61. The number of halogens is 2. The van der Waals surface area contributed by atoms with Crippen LogP contribution in [0.3, 0.4) is 0 Å². The Morgan fingerprint density at radius 3 is 2.76 bits per heavy atom. The highest BCUT2D eigenvalue weighted by atomic mass is 35.5. The van der Waals surface area contributed by atoms with Crippen molar-refractivity contribution in [2.24, 2.45) is 0 Å². The Morgan fingerprint density at radius 2 is 1.92 bits per heavy atom. The van der Waals surface area contributed by atoms with Gasteiger partial charge < -0.3 is 9.72 Å². The standard InChI is InChI=1S/C19H20ClFN4/c20-15-4-7-18-23-19(14-2-5-16(21)6-3-14)17(25(18)12-15)13-24-10-1-8-22-9-11-24/h2-7,12,22H,1,8-11,13H2. The van der Waals surface area contributed by atoms with Crippen molar-refractivity contribution in [1.29, 1.82) is 0 Å². The fourth-order valence-electron chi connectivity index (χ4n) is 3.33. The third-order valence-corrected chi connectivity index (χ3v) is 4.83. The van der Waals surface area contributed by atoms with E-state index in [1.54, 1.807) is 12.1 Å². The van der Waals surface area contributed by atoms with Crippen molar-refractivity contribution in [2.45, 2.75) is 13.0 Å². The molecule has 0 saturated carbocycles. The molecular formula is C19H20ClFN4. The lowest BCUT2D eigenvalue weighted by molar-refractivity contribution is 0.281. The van der Waals surface area contributed by atoms with Gasteiger partial charge in [-0.05, 0) is 55.9 Å². The van der Waals surface area contributed by atoms with E-state index in [2.05, 4.69) is 14.6 Å². The maximum absolute atomic E-state index is 13.3. The Balaban J connectivity index is 1.79.